The van der Waals surface area contributed by atoms with Gasteiger partial charge in [-0.2, -0.15) is 0 Å². The fraction of sp³-hybridized carbons (Fsp3) is 0.348. The molecule has 30 heavy (non-hydrogen) atoms. The van der Waals surface area contributed by atoms with Crippen molar-refractivity contribution in [3.8, 4) is 0 Å². The number of halogens is 1. The van der Waals surface area contributed by atoms with Crippen molar-refractivity contribution >= 4 is 22.9 Å². The Kier molecular flexibility index (Phi) is 5.60. The molecule has 2 heterocycles. The molecule has 0 radical (unpaired) electrons. The first-order chi connectivity index (χ1) is 14.4. The molecule has 2 aromatic carbocycles. The summed E-state index contributed by atoms with van der Waals surface area (Å²) in [5, 5.41) is 21.7. The van der Waals surface area contributed by atoms with Crippen LogP contribution in [-0.2, 0) is 22.7 Å². The predicted octanol–water partition coefficient (Wildman–Crippen LogP) is 2.74. The molecule has 6 nitrogen and oxygen atoms in total. The SMILES string of the molecule is CC(C)N(Cc1ccc2c(c1)CO/C2=C1/C(=O)Nc2ccc(F)cc21)C[C@@H](O)CO. The smallest absolute Gasteiger partial charge is 0.260 e. The van der Waals surface area contributed by atoms with E-state index in [4.69, 9.17) is 9.84 Å². The average molecular weight is 412 g/mol. The van der Waals surface area contributed by atoms with Crippen LogP contribution >= 0.6 is 0 Å². The fourth-order valence-corrected chi connectivity index (χ4v) is 3.91. The molecule has 4 rings (SSSR count). The minimum atomic E-state index is -0.789. The van der Waals surface area contributed by atoms with Crippen LogP contribution in [0.25, 0.3) is 11.3 Å². The summed E-state index contributed by atoms with van der Waals surface area (Å²) in [6.45, 7) is 5.13. The van der Waals surface area contributed by atoms with E-state index < -0.39 is 11.9 Å². The normalized spacial score (nSPS) is 18.4. The highest BCUT2D eigenvalue weighted by Gasteiger charge is 2.33. The Morgan fingerprint density at radius 1 is 1.20 bits per heavy atom. The maximum Gasteiger partial charge on any atom is 0.260 e. The largest absolute Gasteiger partial charge is 0.487 e. The zero-order valence-corrected chi connectivity index (χ0v) is 17.0. The number of benzene rings is 2. The third-order valence-corrected chi connectivity index (χ3v) is 5.51. The van der Waals surface area contributed by atoms with Crippen molar-refractivity contribution in [2.24, 2.45) is 0 Å². The lowest BCUT2D eigenvalue weighted by Crippen LogP contribution is -2.38. The molecule has 0 spiro atoms. The van der Waals surface area contributed by atoms with Gasteiger partial charge in [0.05, 0.1) is 18.3 Å². The number of fused-ring (bicyclic) bond motifs is 2. The summed E-state index contributed by atoms with van der Waals surface area (Å²) in [5.74, 6) is -0.239. The number of aliphatic hydroxyl groups is 2. The van der Waals surface area contributed by atoms with Crippen LogP contribution in [0.5, 0.6) is 0 Å². The molecular weight excluding hydrogens is 387 g/mol. The van der Waals surface area contributed by atoms with Gasteiger partial charge in [0.2, 0.25) is 0 Å². The van der Waals surface area contributed by atoms with E-state index in [1.54, 1.807) is 6.07 Å². The highest BCUT2D eigenvalue weighted by molar-refractivity contribution is 6.36. The lowest BCUT2D eigenvalue weighted by atomic mass is 9.99. The van der Waals surface area contributed by atoms with E-state index in [2.05, 4.69) is 10.2 Å². The molecular formula is C23H25FN2O4. The van der Waals surface area contributed by atoms with Crippen LogP contribution in [0.4, 0.5) is 10.1 Å². The second kappa shape index (κ2) is 8.18. The predicted molar refractivity (Wildman–Crippen MR) is 112 cm³/mol. The van der Waals surface area contributed by atoms with Crippen molar-refractivity contribution in [1.82, 2.24) is 4.90 Å². The number of nitrogens with one attached hydrogen (secondary N) is 1. The van der Waals surface area contributed by atoms with Crippen molar-refractivity contribution in [3.05, 3.63) is 64.5 Å². The highest BCUT2D eigenvalue weighted by Crippen LogP contribution is 2.42. The molecule has 0 unspecified atom stereocenters. The van der Waals surface area contributed by atoms with Crippen LogP contribution in [-0.4, -0.2) is 46.3 Å². The molecule has 2 aliphatic heterocycles. The lowest BCUT2D eigenvalue weighted by molar-refractivity contribution is -0.110. The number of hydrogen-bond donors (Lipinski definition) is 3. The minimum Gasteiger partial charge on any atom is -0.487 e. The Morgan fingerprint density at radius 2 is 2.00 bits per heavy atom. The van der Waals surface area contributed by atoms with Gasteiger partial charge < -0.3 is 20.3 Å². The number of carbonyl (C=O) groups is 1. The zero-order chi connectivity index (χ0) is 21.4. The second-order valence-electron chi connectivity index (χ2n) is 7.99. The molecule has 0 saturated heterocycles. The summed E-state index contributed by atoms with van der Waals surface area (Å²) in [6.07, 6.45) is -0.789. The number of nitrogens with zero attached hydrogens (tertiary/aromatic N) is 1. The van der Waals surface area contributed by atoms with Crippen molar-refractivity contribution < 1.29 is 24.1 Å². The van der Waals surface area contributed by atoms with Gasteiger partial charge in [0.15, 0.2) is 0 Å². The van der Waals surface area contributed by atoms with E-state index in [0.29, 0.717) is 42.3 Å². The van der Waals surface area contributed by atoms with Crippen molar-refractivity contribution in [2.45, 2.75) is 39.1 Å². The topological polar surface area (TPSA) is 82.0 Å². The third kappa shape index (κ3) is 3.84. The van der Waals surface area contributed by atoms with Crippen molar-refractivity contribution in [3.63, 3.8) is 0 Å². The molecule has 2 aliphatic rings. The van der Waals surface area contributed by atoms with E-state index >= 15 is 0 Å². The maximum atomic E-state index is 13.8. The standard InChI is InChI=1S/C23H25FN2O4/c1-13(2)26(10-17(28)11-27)9-14-3-5-18-15(7-14)12-30-22(18)21-19-8-16(24)4-6-20(19)25-23(21)29/h3-8,13,17,27-28H,9-12H2,1-2H3,(H,25,29)/b22-21+/t17-/m1/s1. The number of rotatable bonds is 6. The van der Waals surface area contributed by atoms with E-state index in [1.807, 2.05) is 32.0 Å². The van der Waals surface area contributed by atoms with Crippen LogP contribution in [0.1, 0.15) is 36.1 Å². The summed E-state index contributed by atoms with van der Waals surface area (Å²) in [5.41, 5.74) is 4.27. The van der Waals surface area contributed by atoms with Gasteiger partial charge >= 0.3 is 0 Å². The van der Waals surface area contributed by atoms with Gasteiger partial charge in [0.25, 0.3) is 5.91 Å². The van der Waals surface area contributed by atoms with E-state index in [9.17, 15) is 14.3 Å². The molecule has 1 atom stereocenters. The number of hydrogen-bond acceptors (Lipinski definition) is 5. The number of amides is 1. The Labute approximate surface area is 174 Å². The Morgan fingerprint density at radius 3 is 2.73 bits per heavy atom. The Hall–Kier alpha value is -2.74. The molecule has 0 aliphatic carbocycles. The summed E-state index contributed by atoms with van der Waals surface area (Å²) in [6, 6.07) is 10.3. The van der Waals surface area contributed by atoms with Crippen LogP contribution in [0.15, 0.2) is 36.4 Å². The van der Waals surface area contributed by atoms with Gasteiger partial charge in [-0.15, -0.1) is 0 Å². The van der Waals surface area contributed by atoms with E-state index in [0.717, 1.165) is 16.7 Å². The molecule has 7 heteroatoms. The van der Waals surface area contributed by atoms with Crippen molar-refractivity contribution in [2.75, 3.05) is 18.5 Å². The van der Waals surface area contributed by atoms with Gasteiger partial charge in [-0.05, 0) is 37.6 Å². The second-order valence-corrected chi connectivity index (χ2v) is 7.99. The van der Waals surface area contributed by atoms with Crippen LogP contribution in [0.3, 0.4) is 0 Å². The number of anilines is 1. The molecule has 0 bridgehead atoms. The molecule has 1 amide bonds. The molecule has 158 valence electrons. The van der Waals surface area contributed by atoms with E-state index in [-0.39, 0.29) is 18.6 Å². The zero-order valence-electron chi connectivity index (χ0n) is 17.0. The molecule has 0 fully saturated rings. The quantitative estimate of drug-likeness (QED) is 0.636. The third-order valence-electron chi connectivity index (χ3n) is 5.51. The summed E-state index contributed by atoms with van der Waals surface area (Å²) in [4.78, 5) is 14.6. The summed E-state index contributed by atoms with van der Waals surface area (Å²) >= 11 is 0. The number of ether oxygens (including phenoxy) is 1. The molecule has 0 saturated carbocycles. The fourth-order valence-electron chi connectivity index (χ4n) is 3.91. The first-order valence-corrected chi connectivity index (χ1v) is 10.0. The van der Waals surface area contributed by atoms with Crippen molar-refractivity contribution in [1.29, 1.82) is 0 Å². The highest BCUT2D eigenvalue weighted by atomic mass is 19.1. The van der Waals surface area contributed by atoms with Gasteiger partial charge in [0, 0.05) is 41.5 Å². The monoisotopic (exact) mass is 412 g/mol. The van der Waals surface area contributed by atoms with E-state index in [1.165, 1.54) is 12.1 Å². The van der Waals surface area contributed by atoms with Crippen LogP contribution in [0, 0.1) is 5.82 Å². The first-order valence-electron chi connectivity index (χ1n) is 10.0. The van der Waals surface area contributed by atoms with Gasteiger partial charge in [0.1, 0.15) is 18.2 Å². The van der Waals surface area contributed by atoms with Gasteiger partial charge in [-0.1, -0.05) is 18.2 Å². The Balaban J connectivity index is 1.64. The Bertz CT molecular complexity index is 1020. The first kappa shape index (κ1) is 20.5. The van der Waals surface area contributed by atoms with Crippen LogP contribution in [0.2, 0.25) is 0 Å². The summed E-state index contributed by atoms with van der Waals surface area (Å²) < 4.78 is 19.6. The molecule has 2 aromatic rings. The average Bonchev–Trinajstić information content (AvgIpc) is 3.26. The lowest BCUT2D eigenvalue weighted by Gasteiger charge is -2.28. The summed E-state index contributed by atoms with van der Waals surface area (Å²) in [7, 11) is 0. The van der Waals surface area contributed by atoms with Gasteiger partial charge in [-0.3, -0.25) is 9.69 Å². The van der Waals surface area contributed by atoms with Gasteiger partial charge in [-0.25, -0.2) is 4.39 Å². The molecule has 0 aromatic heterocycles. The minimum absolute atomic E-state index is 0.196. The molecule has 3 N–H and O–H groups in total. The number of carbonyl (C=O) groups excluding carboxylic acids is 1. The maximum absolute atomic E-state index is 13.8. The number of aliphatic hydroxyl groups excluding tert-OH is 2. The van der Waals surface area contributed by atoms with Crippen LogP contribution < -0.4 is 5.32 Å².